The van der Waals surface area contributed by atoms with Crippen LogP contribution < -0.4 is 0 Å². The molecule has 0 saturated carbocycles. The van der Waals surface area contributed by atoms with Crippen LogP contribution in [0.25, 0.3) is 0 Å². The van der Waals surface area contributed by atoms with E-state index in [0.717, 1.165) is 21.3 Å². The molecule has 0 bridgehead atoms. The molecule has 0 N–H and O–H groups in total. The Kier molecular flexibility index (Phi) is 13.5. The molecule has 0 radical (unpaired) electrons. The first kappa shape index (κ1) is 28.3. The van der Waals surface area contributed by atoms with Crippen molar-refractivity contribution in [3.05, 3.63) is 0 Å². The van der Waals surface area contributed by atoms with E-state index in [1.54, 1.807) is 0 Å². The van der Waals surface area contributed by atoms with E-state index >= 15 is 0 Å². The van der Waals surface area contributed by atoms with Crippen molar-refractivity contribution in [3.8, 4) is 0 Å². The second-order valence-electron chi connectivity index (χ2n) is 7.29. The van der Waals surface area contributed by atoms with Crippen LogP contribution in [0.4, 0.5) is 0 Å². The van der Waals surface area contributed by atoms with Gasteiger partial charge in [0.2, 0.25) is 0 Å². The molecule has 11 heteroatoms. The fourth-order valence-corrected chi connectivity index (χ4v) is 12.2. The summed E-state index contributed by atoms with van der Waals surface area (Å²) in [5, 5.41) is 0. The molecule has 10 nitrogen and oxygen atoms in total. The Balaban J connectivity index is 5.78. The third-order valence-corrected chi connectivity index (χ3v) is 13.6. The van der Waals surface area contributed by atoms with Crippen molar-refractivity contribution in [1.82, 2.24) is 0 Å². The van der Waals surface area contributed by atoms with Crippen LogP contribution in [0.1, 0.15) is 33.1 Å². The molecule has 0 aromatic heterocycles. The summed E-state index contributed by atoms with van der Waals surface area (Å²) in [5.74, 6) is -3.74. The maximum atomic E-state index is 12.5. The monoisotopic (exact) mass is 508 g/mol. The molecule has 0 unspecified atom stereocenters. The van der Waals surface area contributed by atoms with Gasteiger partial charge in [-0.05, 0) is 0 Å². The normalized spacial score (nSPS) is 11.0. The van der Waals surface area contributed by atoms with Gasteiger partial charge in [-0.2, -0.15) is 0 Å². The molecule has 0 aliphatic heterocycles. The fourth-order valence-electron chi connectivity index (χ4n) is 2.65. The molecule has 0 aromatic rings. The molecule has 0 heterocycles. The van der Waals surface area contributed by atoms with Gasteiger partial charge >= 0.3 is 181 Å². The average molecular weight is 510 g/mol. The zero-order chi connectivity index (χ0) is 23.3. The maximum absolute atomic E-state index is 12.5. The van der Waals surface area contributed by atoms with Crippen LogP contribution in [0.5, 0.6) is 0 Å². The van der Waals surface area contributed by atoms with Crippen LogP contribution in [-0.4, -0.2) is 63.2 Å². The molecule has 0 aliphatic carbocycles. The van der Waals surface area contributed by atoms with Crippen LogP contribution in [0.3, 0.4) is 0 Å². The topological polar surface area (TPSA) is 139 Å². The number of hydrogen-bond acceptors (Lipinski definition) is 10. The summed E-state index contributed by atoms with van der Waals surface area (Å²) in [6, 6.07) is 0. The van der Waals surface area contributed by atoms with E-state index in [-0.39, 0.29) is 24.9 Å². The van der Waals surface area contributed by atoms with Gasteiger partial charge in [-0.1, -0.05) is 0 Å². The van der Waals surface area contributed by atoms with Gasteiger partial charge in [-0.25, -0.2) is 0 Å². The Hall–Kier alpha value is -1.74. The number of hydrogen-bond donors (Lipinski definition) is 0. The Morgan fingerprint density at radius 1 is 0.633 bits per heavy atom. The molecule has 0 atom stereocenters. The minimum atomic E-state index is -4.40. The molecular weight excluding hydrogens is 479 g/mol. The molecule has 30 heavy (non-hydrogen) atoms. The van der Waals surface area contributed by atoms with Crippen molar-refractivity contribution < 1.29 is 66.5 Å². The number of esters is 3. The van der Waals surface area contributed by atoms with E-state index in [0.29, 0.717) is 0 Å². The van der Waals surface area contributed by atoms with Crippen molar-refractivity contribution in [1.29, 1.82) is 0 Å². The van der Waals surface area contributed by atoms with Crippen molar-refractivity contribution in [2.75, 3.05) is 27.9 Å². The average Bonchev–Trinajstić information content (AvgIpc) is 2.65. The number of carbonyl (C=O) groups is 6. The predicted octanol–water partition coefficient (Wildman–Crippen LogP) is 1.38. The Labute approximate surface area is 181 Å². The van der Waals surface area contributed by atoms with E-state index in [1.165, 1.54) is 0 Å². The SMILES string of the molecule is COC(=O)CC(=O)[CH2][Zr]([CH2]C(=O)CC(=O)OC)([CH2]C(=O)CC(=O)OC)[O]CC(C)C. The van der Waals surface area contributed by atoms with Crippen LogP contribution in [0.2, 0.25) is 12.4 Å². The van der Waals surface area contributed by atoms with Crippen molar-refractivity contribution in [3.63, 3.8) is 0 Å². The first-order valence-corrected chi connectivity index (χ1v) is 15.6. The molecule has 0 rings (SSSR count). The van der Waals surface area contributed by atoms with Gasteiger partial charge in [0, 0.05) is 0 Å². The number of methoxy groups -OCH3 is 3. The van der Waals surface area contributed by atoms with Crippen molar-refractivity contribution in [2.24, 2.45) is 5.92 Å². The molecule has 0 saturated heterocycles. The second kappa shape index (κ2) is 14.3. The number of ether oxygens (including phenoxy) is 3. The zero-order valence-corrected chi connectivity index (χ0v) is 20.6. The van der Waals surface area contributed by atoms with Gasteiger partial charge in [-0.3, -0.25) is 0 Å². The molecule has 0 aliphatic rings. The molecule has 0 spiro atoms. The van der Waals surface area contributed by atoms with Gasteiger partial charge < -0.3 is 0 Å². The quantitative estimate of drug-likeness (QED) is 0.181. The third-order valence-electron chi connectivity index (χ3n) is 3.99. The molecule has 0 fully saturated rings. The van der Waals surface area contributed by atoms with Crippen LogP contribution >= 0.6 is 0 Å². The predicted molar refractivity (Wildman–Crippen MR) is 100 cm³/mol. The van der Waals surface area contributed by atoms with E-state index < -0.39 is 75.2 Å². The Morgan fingerprint density at radius 3 is 1.17 bits per heavy atom. The molecule has 170 valence electrons. The minimum absolute atomic E-state index is 0.0446. The standard InChI is InChI=1S/3C5H7O3.C4H9O.Zr/c3*1-4(6)3-5(7)8-2;1-4(2)3-5;/h3*1,3H2,2H3;4H,3H2,1-2H3;/q;;;-1;+1. The van der Waals surface area contributed by atoms with Gasteiger partial charge in [0.25, 0.3) is 0 Å². The first-order chi connectivity index (χ1) is 14.0. The number of carbonyl (C=O) groups excluding carboxylic acids is 6. The van der Waals surface area contributed by atoms with Gasteiger partial charge in [0.1, 0.15) is 0 Å². The summed E-state index contributed by atoms with van der Waals surface area (Å²) in [4.78, 5) is 71.8. The molecule has 0 amide bonds. The summed E-state index contributed by atoms with van der Waals surface area (Å²) in [6.07, 6.45) is -1.55. The summed E-state index contributed by atoms with van der Waals surface area (Å²) >= 11 is -4.40. The Morgan fingerprint density at radius 2 is 0.933 bits per heavy atom. The summed E-state index contributed by atoms with van der Waals surface area (Å²) in [5.41, 5.74) is 0. The zero-order valence-electron chi connectivity index (χ0n) is 18.1. The van der Waals surface area contributed by atoms with E-state index in [2.05, 4.69) is 14.2 Å². The number of Topliss-reactive ketones (excluding diaryl/α,β-unsaturated/α-hetero) is 3. The molecule has 0 aromatic carbocycles. The van der Waals surface area contributed by atoms with Crippen molar-refractivity contribution >= 4 is 35.3 Å². The number of rotatable bonds is 15. The van der Waals surface area contributed by atoms with Gasteiger partial charge in [0.05, 0.1) is 0 Å². The van der Waals surface area contributed by atoms with E-state index in [4.69, 9.17) is 2.81 Å². The van der Waals surface area contributed by atoms with Gasteiger partial charge in [-0.15, -0.1) is 0 Å². The first-order valence-electron chi connectivity index (χ1n) is 9.36. The van der Waals surface area contributed by atoms with Crippen LogP contribution in [-0.2, 0) is 66.5 Å². The van der Waals surface area contributed by atoms with E-state index in [9.17, 15) is 28.8 Å². The third kappa shape index (κ3) is 12.1. The van der Waals surface area contributed by atoms with Crippen LogP contribution in [0.15, 0.2) is 0 Å². The summed E-state index contributed by atoms with van der Waals surface area (Å²) in [6.45, 7) is 3.91. The Bertz CT molecular complexity index is 577. The van der Waals surface area contributed by atoms with Gasteiger partial charge in [0.15, 0.2) is 0 Å². The van der Waals surface area contributed by atoms with E-state index in [1.807, 2.05) is 13.8 Å². The summed E-state index contributed by atoms with van der Waals surface area (Å²) in [7, 11) is 3.42. The number of ketones is 3. The fraction of sp³-hybridized carbons (Fsp3) is 0.684. The van der Waals surface area contributed by atoms with Crippen molar-refractivity contribution in [2.45, 2.75) is 45.5 Å². The second-order valence-corrected chi connectivity index (χ2v) is 16.4. The molecular formula is C19H30O10Zr. The van der Waals surface area contributed by atoms with Crippen LogP contribution in [0, 0.1) is 5.92 Å². The summed E-state index contributed by atoms with van der Waals surface area (Å²) < 4.78 is 18.8.